The van der Waals surface area contributed by atoms with Gasteiger partial charge in [-0.1, -0.05) is 97.1 Å². The van der Waals surface area contributed by atoms with Crippen LogP contribution in [-0.4, -0.2) is 45.5 Å². The highest BCUT2D eigenvalue weighted by atomic mass is 16.2. The van der Waals surface area contributed by atoms with Crippen molar-refractivity contribution >= 4 is 71.8 Å². The third-order valence-electron chi connectivity index (χ3n) is 8.70. The predicted octanol–water partition coefficient (Wildman–Crippen LogP) is 7.02. The third-order valence-corrected chi connectivity index (χ3v) is 8.70. The number of hydrogen-bond donors (Lipinski definition) is 0. The first-order valence-corrected chi connectivity index (χ1v) is 14.1. The highest BCUT2D eigenvalue weighted by molar-refractivity contribution is 6.56. The van der Waals surface area contributed by atoms with E-state index in [-0.39, 0.29) is 5.78 Å². The molecule has 6 aromatic rings. The highest BCUT2D eigenvalue weighted by Gasteiger charge is 2.52. The maximum Gasteiger partial charge on any atom is 0.214 e. The van der Waals surface area contributed by atoms with Crippen LogP contribution < -0.4 is 9.80 Å². The van der Waals surface area contributed by atoms with Gasteiger partial charge in [0.25, 0.3) is 0 Å². The first kappa shape index (κ1) is 25.9. The summed E-state index contributed by atoms with van der Waals surface area (Å²) in [4.78, 5) is 46.9. The van der Waals surface area contributed by atoms with E-state index in [0.29, 0.717) is 11.1 Å². The Bertz CT molecular complexity index is 1860. The van der Waals surface area contributed by atoms with Gasteiger partial charge in [-0.15, -0.1) is 0 Å². The number of anilines is 2. The van der Waals surface area contributed by atoms with Crippen LogP contribution in [0.15, 0.2) is 97.1 Å². The molecule has 1 aliphatic carbocycles. The van der Waals surface area contributed by atoms with Crippen LogP contribution in [0.2, 0.25) is 0 Å². The van der Waals surface area contributed by atoms with E-state index >= 15 is 0 Å². The van der Waals surface area contributed by atoms with Gasteiger partial charge in [0, 0.05) is 49.7 Å². The minimum absolute atomic E-state index is 0.356. The number of carbonyl (C=O) groups is 3. The second-order valence-corrected chi connectivity index (χ2v) is 11.5. The Hall–Kier alpha value is -5.03. The smallest absolute Gasteiger partial charge is 0.214 e. The monoisotopic (exact) mass is 550 g/mol. The lowest BCUT2D eigenvalue weighted by Crippen LogP contribution is -2.17. The molecule has 1 aliphatic rings. The van der Waals surface area contributed by atoms with E-state index in [1.165, 1.54) is 0 Å². The SMILES string of the molecule is CN(C)c1c2ccccc2c(C2C(=O)C(=O)C(c3c4ccccc4c(N(C)C)c4ccccc34)C2=O)c2ccccc12. The van der Waals surface area contributed by atoms with Crippen LogP contribution in [0.5, 0.6) is 0 Å². The van der Waals surface area contributed by atoms with Gasteiger partial charge in [0.15, 0.2) is 5.78 Å². The topological polar surface area (TPSA) is 57.7 Å². The molecule has 5 heteroatoms. The van der Waals surface area contributed by atoms with Crippen molar-refractivity contribution in [2.75, 3.05) is 38.0 Å². The lowest BCUT2D eigenvalue weighted by Gasteiger charge is -2.24. The van der Waals surface area contributed by atoms with Gasteiger partial charge in [-0.25, -0.2) is 0 Å². The van der Waals surface area contributed by atoms with Gasteiger partial charge in [0.2, 0.25) is 11.6 Å². The number of ketones is 3. The molecule has 5 nitrogen and oxygen atoms in total. The minimum atomic E-state index is -1.18. The van der Waals surface area contributed by atoms with E-state index in [9.17, 15) is 14.4 Å². The van der Waals surface area contributed by atoms with Crippen LogP contribution >= 0.6 is 0 Å². The fourth-order valence-electron chi connectivity index (χ4n) is 7.12. The molecule has 7 rings (SSSR count). The molecule has 42 heavy (non-hydrogen) atoms. The number of fused-ring (bicyclic) bond motifs is 4. The molecular formula is C37H30N2O3. The highest BCUT2D eigenvalue weighted by Crippen LogP contribution is 2.49. The van der Waals surface area contributed by atoms with Gasteiger partial charge in [-0.05, 0) is 32.7 Å². The predicted molar refractivity (Wildman–Crippen MR) is 172 cm³/mol. The van der Waals surface area contributed by atoms with Crippen molar-refractivity contribution < 1.29 is 14.4 Å². The zero-order chi connectivity index (χ0) is 29.3. The average molecular weight is 551 g/mol. The second-order valence-electron chi connectivity index (χ2n) is 11.5. The van der Waals surface area contributed by atoms with E-state index < -0.39 is 23.4 Å². The molecule has 206 valence electrons. The summed E-state index contributed by atoms with van der Waals surface area (Å²) in [5.74, 6) is -3.99. The van der Waals surface area contributed by atoms with Gasteiger partial charge in [-0.3, -0.25) is 14.4 Å². The molecule has 6 aromatic carbocycles. The van der Waals surface area contributed by atoms with Crippen molar-refractivity contribution in [1.82, 2.24) is 0 Å². The van der Waals surface area contributed by atoms with Crippen LogP contribution in [0.3, 0.4) is 0 Å². The summed E-state index contributed by atoms with van der Waals surface area (Å²) in [5, 5.41) is 7.04. The maximum atomic E-state index is 14.7. The van der Waals surface area contributed by atoms with E-state index in [2.05, 4.69) is 9.80 Å². The third kappa shape index (κ3) is 3.53. The van der Waals surface area contributed by atoms with Crippen molar-refractivity contribution in [2.24, 2.45) is 0 Å². The molecule has 0 bridgehead atoms. The zero-order valence-electron chi connectivity index (χ0n) is 24.0. The van der Waals surface area contributed by atoms with E-state index in [1.807, 2.05) is 125 Å². The lowest BCUT2D eigenvalue weighted by atomic mass is 9.82. The number of rotatable bonds is 4. The molecule has 2 unspecified atom stereocenters. The Kier molecular flexibility index (Phi) is 5.87. The molecule has 0 spiro atoms. The van der Waals surface area contributed by atoms with E-state index in [4.69, 9.17) is 0 Å². The summed E-state index contributed by atoms with van der Waals surface area (Å²) >= 11 is 0. The number of nitrogens with zero attached hydrogens (tertiary/aromatic N) is 2. The number of carbonyl (C=O) groups excluding carboxylic acids is 3. The number of hydrogen-bond acceptors (Lipinski definition) is 5. The van der Waals surface area contributed by atoms with Crippen molar-refractivity contribution in [3.05, 3.63) is 108 Å². The van der Waals surface area contributed by atoms with Crippen molar-refractivity contribution in [1.29, 1.82) is 0 Å². The lowest BCUT2D eigenvalue weighted by molar-refractivity contribution is -0.135. The van der Waals surface area contributed by atoms with Gasteiger partial charge >= 0.3 is 0 Å². The largest absolute Gasteiger partial charge is 0.377 e. The Balaban J connectivity index is 1.54. The van der Waals surface area contributed by atoms with Crippen molar-refractivity contribution in [3.8, 4) is 0 Å². The molecule has 0 N–H and O–H groups in total. The molecule has 0 saturated heterocycles. The molecule has 0 aromatic heterocycles. The van der Waals surface area contributed by atoms with Crippen LogP contribution in [0.4, 0.5) is 11.4 Å². The summed E-state index contributed by atoms with van der Waals surface area (Å²) < 4.78 is 0. The van der Waals surface area contributed by atoms with Gasteiger partial charge in [0.05, 0.1) is 11.4 Å². The normalized spacial score (nSPS) is 17.2. The second kappa shape index (κ2) is 9.52. The maximum absolute atomic E-state index is 14.7. The molecule has 1 saturated carbocycles. The summed E-state index contributed by atoms with van der Waals surface area (Å²) in [6.07, 6.45) is 0. The van der Waals surface area contributed by atoms with Crippen LogP contribution in [0.1, 0.15) is 23.0 Å². The summed E-state index contributed by atoms with van der Waals surface area (Å²) in [7, 11) is 7.97. The van der Waals surface area contributed by atoms with E-state index in [0.717, 1.165) is 54.5 Å². The van der Waals surface area contributed by atoms with Crippen molar-refractivity contribution in [2.45, 2.75) is 11.8 Å². The summed E-state index contributed by atoms with van der Waals surface area (Å²) in [6, 6.07) is 31.4. The fourth-order valence-corrected chi connectivity index (χ4v) is 7.12. The molecule has 0 radical (unpaired) electrons. The fraction of sp³-hybridized carbons (Fsp3) is 0.162. The summed E-state index contributed by atoms with van der Waals surface area (Å²) in [5.41, 5.74) is 3.27. The Morgan fingerprint density at radius 2 is 0.643 bits per heavy atom. The van der Waals surface area contributed by atoms with Gasteiger partial charge in [-0.2, -0.15) is 0 Å². The molecule has 1 fully saturated rings. The standard InChI is InChI=1S/C37H30N2O3/c1-38(2)33-25-17-9-5-13-21(25)29(22-14-6-10-18-26(22)33)31-35(40)32(37(42)36(31)41)30-23-15-7-11-19-27(23)34(39(3)4)28-20-12-8-16-24(28)30/h5-20,31-32H,1-4H3. The number of benzene rings is 6. The summed E-state index contributed by atoms with van der Waals surface area (Å²) in [6.45, 7) is 0. The molecule has 0 heterocycles. The van der Waals surface area contributed by atoms with Gasteiger partial charge in [0.1, 0.15) is 11.8 Å². The van der Waals surface area contributed by atoms with E-state index in [1.54, 1.807) is 0 Å². The molecule has 2 atom stereocenters. The quantitative estimate of drug-likeness (QED) is 0.134. The van der Waals surface area contributed by atoms with Crippen LogP contribution in [0.25, 0.3) is 43.1 Å². The Morgan fingerprint density at radius 3 is 0.881 bits per heavy atom. The van der Waals surface area contributed by atoms with Crippen LogP contribution in [0, 0.1) is 0 Å². The van der Waals surface area contributed by atoms with Crippen LogP contribution in [-0.2, 0) is 14.4 Å². The molecule has 0 aliphatic heterocycles. The Morgan fingerprint density at radius 1 is 0.405 bits per heavy atom. The minimum Gasteiger partial charge on any atom is -0.377 e. The van der Waals surface area contributed by atoms with Gasteiger partial charge < -0.3 is 9.80 Å². The zero-order valence-corrected chi connectivity index (χ0v) is 24.0. The number of Topliss-reactive ketones (excluding diaryl/α,β-unsaturated/α-hetero) is 3. The Labute approximate surface area is 243 Å². The first-order valence-electron chi connectivity index (χ1n) is 14.1. The first-order chi connectivity index (χ1) is 20.3. The molecular weight excluding hydrogens is 520 g/mol. The van der Waals surface area contributed by atoms with Crippen molar-refractivity contribution in [3.63, 3.8) is 0 Å². The average Bonchev–Trinajstić information content (AvgIpc) is 3.20. The molecule has 0 amide bonds.